The monoisotopic (exact) mass is 248 g/mol. The molecule has 5 nitrogen and oxygen atoms in total. The highest BCUT2D eigenvalue weighted by Crippen LogP contribution is 2.26. The van der Waals surface area contributed by atoms with Crippen LogP contribution in [-0.4, -0.2) is 29.7 Å². The van der Waals surface area contributed by atoms with Gasteiger partial charge in [-0.15, -0.1) is 10.2 Å². The van der Waals surface area contributed by atoms with Gasteiger partial charge in [0.15, 0.2) is 5.69 Å². The van der Waals surface area contributed by atoms with Crippen LogP contribution in [-0.2, 0) is 11.0 Å². The van der Waals surface area contributed by atoms with Crippen molar-refractivity contribution in [2.24, 2.45) is 0 Å². The molecule has 1 rings (SSSR count). The third kappa shape index (κ3) is 4.25. The first-order valence-electron chi connectivity index (χ1n) is 4.79. The molecule has 0 saturated carbocycles. The minimum atomic E-state index is -4.49. The number of aromatic nitrogens is 2. The van der Waals surface area contributed by atoms with Crippen LogP contribution < -0.4 is 10.6 Å². The van der Waals surface area contributed by atoms with Crippen LogP contribution in [0.15, 0.2) is 12.1 Å². The minimum absolute atomic E-state index is 0.169. The Kier molecular flexibility index (Phi) is 4.24. The lowest BCUT2D eigenvalue weighted by atomic mass is 10.3. The van der Waals surface area contributed by atoms with Crippen molar-refractivity contribution in [1.82, 2.24) is 15.5 Å². The molecule has 0 saturated heterocycles. The average molecular weight is 248 g/mol. The second-order valence-corrected chi connectivity index (χ2v) is 3.15. The molecule has 0 atom stereocenters. The standard InChI is InChI=1S/C9H11F3N4O/c1-13-8(17)4-5-14-7-3-2-6(15-16-7)9(10,11)12/h2-3H,4-5H2,1H3,(H,13,17)(H,14,16). The highest BCUT2D eigenvalue weighted by atomic mass is 19.4. The fourth-order valence-corrected chi connectivity index (χ4v) is 1.01. The summed E-state index contributed by atoms with van der Waals surface area (Å²) in [5.74, 6) is 0.0271. The Morgan fingerprint density at radius 1 is 1.35 bits per heavy atom. The molecule has 94 valence electrons. The van der Waals surface area contributed by atoms with Crippen LogP contribution in [0.5, 0.6) is 0 Å². The molecule has 17 heavy (non-hydrogen) atoms. The molecule has 8 heteroatoms. The largest absolute Gasteiger partial charge is 0.435 e. The van der Waals surface area contributed by atoms with E-state index in [0.717, 1.165) is 6.07 Å². The van der Waals surface area contributed by atoms with E-state index in [1.54, 1.807) is 0 Å². The zero-order valence-electron chi connectivity index (χ0n) is 9.01. The molecule has 2 N–H and O–H groups in total. The summed E-state index contributed by atoms with van der Waals surface area (Å²) in [5, 5.41) is 11.5. The van der Waals surface area contributed by atoms with Gasteiger partial charge < -0.3 is 10.6 Å². The van der Waals surface area contributed by atoms with Crippen molar-refractivity contribution in [1.29, 1.82) is 0 Å². The molecule has 1 aromatic heterocycles. The Morgan fingerprint density at radius 3 is 2.53 bits per heavy atom. The van der Waals surface area contributed by atoms with E-state index in [2.05, 4.69) is 20.8 Å². The molecule has 0 fully saturated rings. The van der Waals surface area contributed by atoms with Gasteiger partial charge in [-0.25, -0.2) is 0 Å². The fraction of sp³-hybridized carbons (Fsp3) is 0.444. The summed E-state index contributed by atoms with van der Waals surface area (Å²) in [5.41, 5.74) is -1.05. The maximum atomic E-state index is 12.1. The number of hydrogen-bond acceptors (Lipinski definition) is 4. The smallest absolute Gasteiger partial charge is 0.368 e. The first kappa shape index (κ1) is 13.2. The van der Waals surface area contributed by atoms with Crippen molar-refractivity contribution < 1.29 is 18.0 Å². The first-order chi connectivity index (χ1) is 7.93. The first-order valence-corrected chi connectivity index (χ1v) is 4.79. The Morgan fingerprint density at radius 2 is 2.06 bits per heavy atom. The number of halogens is 3. The number of nitrogens with one attached hydrogen (secondary N) is 2. The molecule has 0 spiro atoms. The number of alkyl halides is 3. The molecular formula is C9H11F3N4O. The van der Waals surface area contributed by atoms with Gasteiger partial charge in [0.05, 0.1) is 0 Å². The van der Waals surface area contributed by atoms with E-state index in [1.807, 2.05) is 0 Å². The number of anilines is 1. The van der Waals surface area contributed by atoms with Crippen LogP contribution in [0, 0.1) is 0 Å². The highest BCUT2D eigenvalue weighted by molar-refractivity contribution is 5.75. The molecule has 0 unspecified atom stereocenters. The average Bonchev–Trinajstić information content (AvgIpc) is 2.28. The van der Waals surface area contributed by atoms with Gasteiger partial charge in [-0.2, -0.15) is 13.2 Å². The Bertz CT molecular complexity index is 377. The number of hydrogen-bond donors (Lipinski definition) is 2. The lowest BCUT2D eigenvalue weighted by molar-refractivity contribution is -0.141. The topological polar surface area (TPSA) is 66.9 Å². The van der Waals surface area contributed by atoms with Gasteiger partial charge in [0.25, 0.3) is 0 Å². The van der Waals surface area contributed by atoms with Crippen molar-refractivity contribution in [2.45, 2.75) is 12.6 Å². The Balaban J connectivity index is 2.49. The molecular weight excluding hydrogens is 237 g/mol. The number of rotatable bonds is 4. The van der Waals surface area contributed by atoms with Gasteiger partial charge >= 0.3 is 6.18 Å². The van der Waals surface area contributed by atoms with Crippen molar-refractivity contribution in [3.63, 3.8) is 0 Å². The van der Waals surface area contributed by atoms with Crippen LogP contribution in [0.2, 0.25) is 0 Å². The molecule has 0 bridgehead atoms. The Hall–Kier alpha value is -1.86. The van der Waals surface area contributed by atoms with Gasteiger partial charge in [-0.3, -0.25) is 4.79 Å². The third-order valence-corrected chi connectivity index (χ3v) is 1.89. The minimum Gasteiger partial charge on any atom is -0.368 e. The fourth-order valence-electron chi connectivity index (χ4n) is 1.01. The van der Waals surface area contributed by atoms with Crippen LogP contribution in [0.3, 0.4) is 0 Å². The predicted molar refractivity (Wildman–Crippen MR) is 54.2 cm³/mol. The van der Waals surface area contributed by atoms with Crippen molar-refractivity contribution >= 4 is 11.7 Å². The van der Waals surface area contributed by atoms with Crippen molar-refractivity contribution in [2.75, 3.05) is 18.9 Å². The van der Waals surface area contributed by atoms with Crippen LogP contribution in [0.4, 0.5) is 19.0 Å². The second kappa shape index (κ2) is 5.46. The van der Waals surface area contributed by atoms with E-state index in [0.29, 0.717) is 0 Å². The van der Waals surface area contributed by atoms with Crippen LogP contribution in [0.1, 0.15) is 12.1 Å². The van der Waals surface area contributed by atoms with E-state index in [9.17, 15) is 18.0 Å². The zero-order valence-corrected chi connectivity index (χ0v) is 9.01. The van der Waals surface area contributed by atoms with E-state index >= 15 is 0 Å². The lowest BCUT2D eigenvalue weighted by Gasteiger charge is -2.06. The van der Waals surface area contributed by atoms with Gasteiger partial charge in [-0.1, -0.05) is 0 Å². The SMILES string of the molecule is CNC(=O)CCNc1ccc(C(F)(F)F)nn1. The van der Waals surface area contributed by atoms with Crippen molar-refractivity contribution in [3.8, 4) is 0 Å². The van der Waals surface area contributed by atoms with E-state index < -0.39 is 11.9 Å². The summed E-state index contributed by atoms with van der Waals surface area (Å²) >= 11 is 0. The summed E-state index contributed by atoms with van der Waals surface area (Å²) in [4.78, 5) is 10.9. The van der Waals surface area contributed by atoms with Gasteiger partial charge in [0.1, 0.15) is 5.82 Å². The van der Waals surface area contributed by atoms with Crippen LogP contribution >= 0.6 is 0 Å². The predicted octanol–water partition coefficient (Wildman–Crippen LogP) is 1.04. The molecule has 0 aliphatic carbocycles. The number of carbonyl (C=O) groups is 1. The number of amides is 1. The molecule has 1 heterocycles. The summed E-state index contributed by atoms with van der Waals surface area (Å²) in [7, 11) is 1.50. The maximum Gasteiger partial charge on any atom is 0.435 e. The van der Waals surface area contributed by atoms with Gasteiger partial charge in [0.2, 0.25) is 5.91 Å². The highest BCUT2D eigenvalue weighted by Gasteiger charge is 2.32. The molecule has 0 radical (unpaired) electrons. The van der Waals surface area contributed by atoms with Crippen LogP contribution in [0.25, 0.3) is 0 Å². The lowest BCUT2D eigenvalue weighted by Crippen LogP contribution is -2.21. The van der Waals surface area contributed by atoms with E-state index in [4.69, 9.17) is 0 Å². The summed E-state index contributed by atoms with van der Waals surface area (Å²) in [6.45, 7) is 0.277. The van der Waals surface area contributed by atoms with Gasteiger partial charge in [0, 0.05) is 20.0 Å². The number of carbonyl (C=O) groups excluding carboxylic acids is 1. The quantitative estimate of drug-likeness (QED) is 0.835. The molecule has 0 aliphatic heterocycles. The normalized spacial score (nSPS) is 11.1. The summed E-state index contributed by atoms with van der Waals surface area (Å²) in [6, 6.07) is 1.99. The maximum absolute atomic E-state index is 12.1. The molecule has 1 aromatic rings. The molecule has 0 aliphatic rings. The summed E-state index contributed by atoms with van der Waals surface area (Å²) in [6.07, 6.45) is -4.28. The van der Waals surface area contributed by atoms with E-state index in [-0.39, 0.29) is 24.7 Å². The third-order valence-electron chi connectivity index (χ3n) is 1.89. The Labute approximate surface area is 95.4 Å². The second-order valence-electron chi connectivity index (χ2n) is 3.15. The zero-order chi connectivity index (χ0) is 12.9. The number of nitrogens with zero attached hydrogens (tertiary/aromatic N) is 2. The van der Waals surface area contributed by atoms with Crippen molar-refractivity contribution in [3.05, 3.63) is 17.8 Å². The molecule has 1 amide bonds. The molecule has 0 aromatic carbocycles. The summed E-state index contributed by atoms with van der Waals surface area (Å²) < 4.78 is 36.4. The van der Waals surface area contributed by atoms with Gasteiger partial charge in [-0.05, 0) is 12.1 Å². The van der Waals surface area contributed by atoms with E-state index in [1.165, 1.54) is 13.1 Å².